The van der Waals surface area contributed by atoms with E-state index >= 15 is 0 Å². The summed E-state index contributed by atoms with van der Waals surface area (Å²) in [6, 6.07) is 20.3. The second kappa shape index (κ2) is 9.28. The van der Waals surface area contributed by atoms with Gasteiger partial charge in [-0.2, -0.15) is 4.72 Å². The zero-order valence-electron chi connectivity index (χ0n) is 18.3. The SMILES string of the molecule is O=C(O)[C@@H](c1ccccc1)N1C[C@](Cc2ccccc2)(NS(=O)(=O)c2ccccc2[N+](=O)[O-])C1=O. The van der Waals surface area contributed by atoms with Crippen LogP contribution in [0.1, 0.15) is 17.2 Å². The highest BCUT2D eigenvalue weighted by Gasteiger charge is 2.58. The Hall–Kier alpha value is -4.09. The number of nitro benzene ring substituents is 1. The minimum absolute atomic E-state index is 0.0653. The molecule has 4 rings (SSSR count). The number of nitrogens with one attached hydrogen (secondary N) is 1. The van der Waals surface area contributed by atoms with Gasteiger partial charge in [-0.05, 0) is 17.2 Å². The number of para-hydroxylation sites is 1. The number of rotatable bonds is 9. The third-order valence-electron chi connectivity index (χ3n) is 5.80. The molecule has 180 valence electrons. The van der Waals surface area contributed by atoms with Crippen molar-refractivity contribution in [2.75, 3.05) is 6.54 Å². The molecule has 2 N–H and O–H groups in total. The number of carboxylic acids is 1. The van der Waals surface area contributed by atoms with Crippen LogP contribution in [0.2, 0.25) is 0 Å². The van der Waals surface area contributed by atoms with Crippen LogP contribution in [0.4, 0.5) is 5.69 Å². The lowest BCUT2D eigenvalue weighted by molar-refractivity contribution is -0.387. The van der Waals surface area contributed by atoms with Crippen LogP contribution in [-0.4, -0.2) is 47.3 Å². The normalized spacial score (nSPS) is 18.5. The van der Waals surface area contributed by atoms with Gasteiger partial charge in [-0.3, -0.25) is 14.9 Å². The van der Waals surface area contributed by atoms with Crippen molar-refractivity contribution in [2.45, 2.75) is 22.9 Å². The number of sulfonamides is 1. The minimum atomic E-state index is -4.53. The highest BCUT2D eigenvalue weighted by atomic mass is 32.2. The van der Waals surface area contributed by atoms with Gasteiger partial charge in [-0.25, -0.2) is 13.2 Å². The molecule has 3 aromatic rings. The summed E-state index contributed by atoms with van der Waals surface area (Å²) in [5.41, 5.74) is -1.35. The Morgan fingerprint density at radius 3 is 2.17 bits per heavy atom. The Kier molecular flexibility index (Phi) is 6.37. The van der Waals surface area contributed by atoms with Gasteiger partial charge in [0.2, 0.25) is 15.9 Å². The summed E-state index contributed by atoms with van der Waals surface area (Å²) in [6.07, 6.45) is -0.0653. The van der Waals surface area contributed by atoms with E-state index in [9.17, 15) is 33.2 Å². The molecule has 0 spiro atoms. The van der Waals surface area contributed by atoms with Gasteiger partial charge in [-0.15, -0.1) is 0 Å². The van der Waals surface area contributed by atoms with Crippen molar-refractivity contribution < 1.29 is 28.0 Å². The standard InChI is InChI=1S/C24H21N3O7S/c28-22(29)21(18-11-5-2-6-12-18)26-16-24(23(26)30,15-17-9-3-1-4-10-17)25-35(33,34)20-14-8-7-13-19(20)27(31)32/h1-14,21,25H,15-16H2,(H,28,29)/t21-,24+/m1/s1. The van der Waals surface area contributed by atoms with E-state index in [1.165, 1.54) is 12.1 Å². The van der Waals surface area contributed by atoms with Crippen LogP contribution in [-0.2, 0) is 26.0 Å². The number of carbonyl (C=O) groups excluding carboxylic acids is 1. The molecule has 0 unspecified atom stereocenters. The van der Waals surface area contributed by atoms with E-state index in [4.69, 9.17) is 0 Å². The summed E-state index contributed by atoms with van der Waals surface area (Å²) < 4.78 is 28.9. The molecule has 11 heteroatoms. The van der Waals surface area contributed by atoms with Crippen molar-refractivity contribution in [3.8, 4) is 0 Å². The number of nitro groups is 1. The Bertz CT molecular complexity index is 1380. The third kappa shape index (κ3) is 4.63. The number of aliphatic carboxylic acids is 1. The lowest BCUT2D eigenvalue weighted by Gasteiger charge is -2.51. The van der Waals surface area contributed by atoms with Gasteiger partial charge < -0.3 is 10.0 Å². The molecular weight excluding hydrogens is 474 g/mol. The first-order valence-electron chi connectivity index (χ1n) is 10.5. The average molecular weight is 496 g/mol. The van der Waals surface area contributed by atoms with Crippen LogP contribution in [0.25, 0.3) is 0 Å². The molecule has 2 atom stereocenters. The fraction of sp³-hybridized carbons (Fsp3) is 0.167. The molecule has 1 saturated heterocycles. The monoisotopic (exact) mass is 495 g/mol. The number of hydrogen-bond donors (Lipinski definition) is 2. The Morgan fingerprint density at radius 1 is 1.03 bits per heavy atom. The molecular formula is C24H21N3O7S. The second-order valence-corrected chi connectivity index (χ2v) is 9.81. The molecule has 0 radical (unpaired) electrons. The van der Waals surface area contributed by atoms with Gasteiger partial charge in [0.15, 0.2) is 10.9 Å². The van der Waals surface area contributed by atoms with E-state index in [-0.39, 0.29) is 13.0 Å². The van der Waals surface area contributed by atoms with Crippen molar-refractivity contribution in [3.63, 3.8) is 0 Å². The Balaban J connectivity index is 1.73. The van der Waals surface area contributed by atoms with E-state index in [1.54, 1.807) is 60.7 Å². The molecule has 0 saturated carbocycles. The van der Waals surface area contributed by atoms with E-state index in [0.29, 0.717) is 11.1 Å². The first-order chi connectivity index (χ1) is 16.6. The number of hydrogen-bond acceptors (Lipinski definition) is 6. The molecule has 35 heavy (non-hydrogen) atoms. The van der Waals surface area contributed by atoms with Gasteiger partial charge >= 0.3 is 5.97 Å². The molecule has 1 aliphatic heterocycles. The molecule has 1 fully saturated rings. The van der Waals surface area contributed by atoms with Crippen molar-refractivity contribution in [1.82, 2.24) is 9.62 Å². The molecule has 3 aromatic carbocycles. The maximum atomic E-state index is 13.5. The summed E-state index contributed by atoms with van der Waals surface area (Å²) in [5, 5.41) is 21.3. The Labute approximate surface area is 201 Å². The summed E-state index contributed by atoms with van der Waals surface area (Å²) >= 11 is 0. The maximum absolute atomic E-state index is 13.5. The fourth-order valence-corrected chi connectivity index (χ4v) is 5.77. The molecule has 1 heterocycles. The van der Waals surface area contributed by atoms with Crippen LogP contribution in [0.5, 0.6) is 0 Å². The quantitative estimate of drug-likeness (QED) is 0.263. The van der Waals surface area contributed by atoms with Gasteiger partial charge in [0.05, 0.1) is 11.5 Å². The topological polar surface area (TPSA) is 147 Å². The van der Waals surface area contributed by atoms with Crippen LogP contribution >= 0.6 is 0 Å². The number of nitrogens with zero attached hydrogens (tertiary/aromatic N) is 2. The number of likely N-dealkylation sites (tertiary alicyclic amines) is 1. The molecule has 0 aliphatic carbocycles. The number of carboxylic acid groups (broad SMARTS) is 1. The summed E-state index contributed by atoms with van der Waals surface area (Å²) in [6.45, 7) is -0.244. The van der Waals surface area contributed by atoms with Crippen molar-refractivity contribution in [1.29, 1.82) is 0 Å². The first-order valence-corrected chi connectivity index (χ1v) is 12.0. The number of amides is 1. The van der Waals surface area contributed by atoms with Crippen LogP contribution in [0, 0.1) is 10.1 Å². The molecule has 1 amide bonds. The second-order valence-electron chi connectivity index (χ2n) is 8.16. The molecule has 0 bridgehead atoms. The van der Waals surface area contributed by atoms with Crippen LogP contribution in [0.15, 0.2) is 89.8 Å². The van der Waals surface area contributed by atoms with Crippen molar-refractivity contribution in [2.24, 2.45) is 0 Å². The lowest BCUT2D eigenvalue weighted by Crippen LogP contribution is -2.75. The molecule has 0 aromatic heterocycles. The zero-order valence-corrected chi connectivity index (χ0v) is 19.1. The van der Waals surface area contributed by atoms with E-state index in [2.05, 4.69) is 4.72 Å². The number of carbonyl (C=O) groups is 2. The predicted octanol–water partition coefficient (Wildman–Crippen LogP) is 2.52. The highest BCUT2D eigenvalue weighted by molar-refractivity contribution is 7.89. The highest BCUT2D eigenvalue weighted by Crippen LogP contribution is 2.37. The predicted molar refractivity (Wildman–Crippen MR) is 125 cm³/mol. The van der Waals surface area contributed by atoms with Crippen molar-refractivity contribution in [3.05, 3.63) is 106 Å². The van der Waals surface area contributed by atoms with Crippen LogP contribution < -0.4 is 4.72 Å². The van der Waals surface area contributed by atoms with Gasteiger partial charge in [0.25, 0.3) is 5.69 Å². The maximum Gasteiger partial charge on any atom is 0.331 e. The smallest absolute Gasteiger partial charge is 0.331 e. The van der Waals surface area contributed by atoms with Gasteiger partial charge in [0.1, 0.15) is 5.54 Å². The summed E-state index contributed by atoms with van der Waals surface area (Å²) in [4.78, 5) is 36.7. The zero-order chi connectivity index (χ0) is 25.2. The van der Waals surface area contributed by atoms with Gasteiger partial charge in [0, 0.05) is 12.5 Å². The van der Waals surface area contributed by atoms with E-state index < -0.39 is 49.0 Å². The minimum Gasteiger partial charge on any atom is -0.479 e. The molecule has 1 aliphatic rings. The Morgan fingerprint density at radius 2 is 1.60 bits per heavy atom. The van der Waals surface area contributed by atoms with E-state index in [1.807, 2.05) is 0 Å². The molecule has 10 nitrogen and oxygen atoms in total. The number of benzene rings is 3. The summed E-state index contributed by atoms with van der Waals surface area (Å²) in [5.74, 6) is -2.00. The third-order valence-corrected chi connectivity index (χ3v) is 7.39. The first kappa shape index (κ1) is 24.0. The number of β-lactam (4-membered cyclic amide) rings is 1. The summed E-state index contributed by atoms with van der Waals surface area (Å²) in [7, 11) is -4.53. The van der Waals surface area contributed by atoms with Gasteiger partial charge in [-0.1, -0.05) is 72.8 Å². The fourth-order valence-electron chi connectivity index (χ4n) is 4.25. The van der Waals surface area contributed by atoms with Crippen molar-refractivity contribution >= 4 is 27.6 Å². The largest absolute Gasteiger partial charge is 0.479 e. The van der Waals surface area contributed by atoms with Crippen LogP contribution in [0.3, 0.4) is 0 Å². The van der Waals surface area contributed by atoms with E-state index in [0.717, 1.165) is 17.0 Å². The average Bonchev–Trinajstić information content (AvgIpc) is 2.84. The lowest BCUT2D eigenvalue weighted by atomic mass is 9.81.